The highest BCUT2D eigenvalue weighted by molar-refractivity contribution is 5.91. The normalized spacial score (nSPS) is 11.3. The number of benzene rings is 1. The molecular weight excluding hydrogens is 280 g/mol. The summed E-state index contributed by atoms with van der Waals surface area (Å²) in [6.45, 7) is 8.10. The molecule has 0 radical (unpaired) electrons. The van der Waals surface area contributed by atoms with Gasteiger partial charge in [-0.1, -0.05) is 5.21 Å². The molecule has 22 heavy (non-hydrogen) atoms. The van der Waals surface area contributed by atoms with Gasteiger partial charge in [-0.3, -0.25) is 4.68 Å². The molecule has 0 aliphatic rings. The van der Waals surface area contributed by atoms with E-state index in [1.165, 1.54) is 0 Å². The lowest BCUT2D eigenvalue weighted by atomic mass is 10.1. The molecule has 118 valence electrons. The van der Waals surface area contributed by atoms with Gasteiger partial charge in [-0.05, 0) is 51.5 Å². The number of ether oxygens (including phenoxy) is 1. The first kappa shape index (κ1) is 16.0. The van der Waals surface area contributed by atoms with Crippen molar-refractivity contribution in [3.8, 4) is 0 Å². The van der Waals surface area contributed by atoms with Crippen molar-refractivity contribution in [2.75, 3.05) is 5.32 Å². The van der Waals surface area contributed by atoms with E-state index in [4.69, 9.17) is 4.74 Å². The third-order valence-electron chi connectivity index (χ3n) is 3.13. The number of esters is 1. The number of carbonyl (C=O) groups is 1. The van der Waals surface area contributed by atoms with Gasteiger partial charge in [0.2, 0.25) is 0 Å². The lowest BCUT2D eigenvalue weighted by Gasteiger charge is -2.20. The van der Waals surface area contributed by atoms with Gasteiger partial charge in [0.15, 0.2) is 0 Å². The maximum atomic E-state index is 12.1. The fourth-order valence-corrected chi connectivity index (χ4v) is 2.00. The molecular formula is C16H22N4O2. The third-order valence-corrected chi connectivity index (χ3v) is 3.13. The zero-order valence-corrected chi connectivity index (χ0v) is 13.7. The monoisotopic (exact) mass is 302 g/mol. The highest BCUT2D eigenvalue weighted by Gasteiger charge is 2.19. The van der Waals surface area contributed by atoms with Crippen LogP contribution in [0.2, 0.25) is 0 Å². The topological polar surface area (TPSA) is 69.0 Å². The number of anilines is 1. The fraction of sp³-hybridized carbons (Fsp3) is 0.438. The minimum Gasteiger partial charge on any atom is -0.456 e. The van der Waals surface area contributed by atoms with Crippen LogP contribution in [0.25, 0.3) is 0 Å². The van der Waals surface area contributed by atoms with Crippen molar-refractivity contribution in [1.82, 2.24) is 15.0 Å². The Morgan fingerprint density at radius 1 is 1.36 bits per heavy atom. The van der Waals surface area contributed by atoms with E-state index in [0.717, 1.165) is 16.9 Å². The van der Waals surface area contributed by atoms with E-state index in [1.54, 1.807) is 16.9 Å². The van der Waals surface area contributed by atoms with E-state index < -0.39 is 5.60 Å². The minimum absolute atomic E-state index is 0.299. The summed E-state index contributed by atoms with van der Waals surface area (Å²) in [4.78, 5) is 12.1. The summed E-state index contributed by atoms with van der Waals surface area (Å²) in [6.07, 6.45) is 1.72. The number of carbonyl (C=O) groups excluding carboxylic acids is 1. The molecule has 1 aromatic heterocycles. The van der Waals surface area contributed by atoms with Crippen molar-refractivity contribution in [1.29, 1.82) is 0 Å². The van der Waals surface area contributed by atoms with Gasteiger partial charge < -0.3 is 10.1 Å². The predicted octanol–water partition coefficient (Wildman–Crippen LogP) is 2.69. The van der Waals surface area contributed by atoms with Gasteiger partial charge >= 0.3 is 5.97 Å². The van der Waals surface area contributed by atoms with Gasteiger partial charge in [0, 0.05) is 12.7 Å². The number of hydrogen-bond donors (Lipinski definition) is 1. The molecule has 0 atom stereocenters. The number of aromatic nitrogens is 3. The Morgan fingerprint density at radius 3 is 2.64 bits per heavy atom. The molecule has 0 amide bonds. The van der Waals surface area contributed by atoms with Gasteiger partial charge in [-0.25, -0.2) is 4.79 Å². The number of aryl methyl sites for hydroxylation is 2. The molecule has 0 aliphatic carbocycles. The van der Waals surface area contributed by atoms with E-state index in [0.29, 0.717) is 12.1 Å². The largest absolute Gasteiger partial charge is 0.456 e. The lowest BCUT2D eigenvalue weighted by molar-refractivity contribution is 0.00688. The van der Waals surface area contributed by atoms with Crippen molar-refractivity contribution < 1.29 is 9.53 Å². The minimum atomic E-state index is -0.493. The molecule has 0 saturated heterocycles. The Hall–Kier alpha value is -2.37. The van der Waals surface area contributed by atoms with Crippen LogP contribution in [0.1, 0.15) is 42.4 Å². The molecule has 0 bridgehead atoms. The third kappa shape index (κ3) is 4.07. The van der Waals surface area contributed by atoms with E-state index in [9.17, 15) is 4.79 Å². The Morgan fingerprint density at radius 2 is 2.09 bits per heavy atom. The van der Waals surface area contributed by atoms with Crippen LogP contribution in [0, 0.1) is 6.92 Å². The molecule has 0 unspecified atom stereocenters. The molecule has 1 aromatic carbocycles. The molecule has 0 aliphatic heterocycles. The number of nitrogens with one attached hydrogen (secondary N) is 1. The molecule has 1 heterocycles. The van der Waals surface area contributed by atoms with Crippen molar-refractivity contribution in [2.24, 2.45) is 7.05 Å². The van der Waals surface area contributed by atoms with E-state index >= 15 is 0 Å². The summed E-state index contributed by atoms with van der Waals surface area (Å²) < 4.78 is 7.12. The summed E-state index contributed by atoms with van der Waals surface area (Å²) in [7, 11) is 1.85. The second-order valence-electron chi connectivity index (χ2n) is 6.23. The lowest BCUT2D eigenvalue weighted by Crippen LogP contribution is -2.24. The zero-order valence-electron chi connectivity index (χ0n) is 13.7. The Labute approximate surface area is 130 Å². The standard InChI is InChI=1S/C16H22N4O2/c1-11-8-12(17-9-13-10-18-19-20(13)5)6-7-14(11)15(21)22-16(2,3)4/h6-8,10,17H,9H2,1-5H3. The zero-order chi connectivity index (χ0) is 16.3. The smallest absolute Gasteiger partial charge is 0.338 e. The summed E-state index contributed by atoms with van der Waals surface area (Å²) in [5.74, 6) is -0.299. The van der Waals surface area contributed by atoms with Crippen LogP contribution in [0.3, 0.4) is 0 Å². The first-order valence-corrected chi connectivity index (χ1v) is 7.18. The maximum absolute atomic E-state index is 12.1. The van der Waals surface area contributed by atoms with Crippen LogP contribution in [0.15, 0.2) is 24.4 Å². The van der Waals surface area contributed by atoms with E-state index in [1.807, 2.05) is 46.9 Å². The molecule has 0 saturated carbocycles. The van der Waals surface area contributed by atoms with Gasteiger partial charge in [0.05, 0.1) is 24.0 Å². The van der Waals surface area contributed by atoms with Crippen LogP contribution >= 0.6 is 0 Å². The van der Waals surface area contributed by atoms with Crippen LogP contribution in [-0.4, -0.2) is 26.6 Å². The van der Waals surface area contributed by atoms with Crippen molar-refractivity contribution >= 4 is 11.7 Å². The summed E-state index contributed by atoms with van der Waals surface area (Å²) in [5.41, 5.74) is 2.89. The van der Waals surface area contributed by atoms with Crippen LogP contribution in [-0.2, 0) is 18.3 Å². The van der Waals surface area contributed by atoms with E-state index in [-0.39, 0.29) is 5.97 Å². The molecule has 2 rings (SSSR count). The van der Waals surface area contributed by atoms with Gasteiger partial charge in [-0.2, -0.15) is 0 Å². The van der Waals surface area contributed by atoms with E-state index in [2.05, 4.69) is 15.6 Å². The summed E-state index contributed by atoms with van der Waals surface area (Å²) in [6, 6.07) is 5.59. The highest BCUT2D eigenvalue weighted by atomic mass is 16.6. The quantitative estimate of drug-likeness (QED) is 0.879. The highest BCUT2D eigenvalue weighted by Crippen LogP contribution is 2.19. The molecule has 6 heteroatoms. The summed E-state index contributed by atoms with van der Waals surface area (Å²) >= 11 is 0. The molecule has 2 aromatic rings. The molecule has 0 fully saturated rings. The van der Waals surface area contributed by atoms with Crippen LogP contribution in [0.4, 0.5) is 5.69 Å². The van der Waals surface area contributed by atoms with Gasteiger partial charge in [0.25, 0.3) is 0 Å². The first-order valence-electron chi connectivity index (χ1n) is 7.18. The van der Waals surface area contributed by atoms with Crippen LogP contribution in [0.5, 0.6) is 0 Å². The number of rotatable bonds is 4. The number of nitrogens with zero attached hydrogens (tertiary/aromatic N) is 3. The average Bonchev–Trinajstić information content (AvgIpc) is 2.80. The maximum Gasteiger partial charge on any atom is 0.338 e. The second kappa shape index (κ2) is 6.17. The molecule has 6 nitrogen and oxygen atoms in total. The Balaban J connectivity index is 2.06. The Bertz CT molecular complexity index is 671. The molecule has 0 spiro atoms. The van der Waals surface area contributed by atoms with Crippen molar-refractivity contribution in [3.05, 3.63) is 41.2 Å². The Kier molecular flexibility index (Phi) is 4.49. The SMILES string of the molecule is Cc1cc(NCc2cnnn2C)ccc1C(=O)OC(C)(C)C. The number of hydrogen-bond acceptors (Lipinski definition) is 5. The predicted molar refractivity (Wildman–Crippen MR) is 84.7 cm³/mol. The van der Waals surface area contributed by atoms with Gasteiger partial charge in [0.1, 0.15) is 5.60 Å². The summed E-state index contributed by atoms with van der Waals surface area (Å²) in [5, 5.41) is 11.0. The van der Waals surface area contributed by atoms with Crippen LogP contribution < -0.4 is 5.32 Å². The fourth-order valence-electron chi connectivity index (χ4n) is 2.00. The molecule has 1 N–H and O–H groups in total. The van der Waals surface area contributed by atoms with Crippen molar-refractivity contribution in [3.63, 3.8) is 0 Å². The van der Waals surface area contributed by atoms with Gasteiger partial charge in [-0.15, -0.1) is 5.10 Å². The van der Waals surface area contributed by atoms with Crippen molar-refractivity contribution in [2.45, 2.75) is 39.8 Å². The first-order chi connectivity index (χ1) is 10.3. The second-order valence-corrected chi connectivity index (χ2v) is 6.23. The average molecular weight is 302 g/mol.